The van der Waals surface area contributed by atoms with E-state index in [1.165, 1.54) is 7.11 Å². The van der Waals surface area contributed by atoms with Crippen molar-refractivity contribution < 1.29 is 23.9 Å². The molecule has 5 nitrogen and oxygen atoms in total. The zero-order valence-electron chi connectivity index (χ0n) is 11.7. The first kappa shape index (κ1) is 13.8. The fraction of sp³-hybridized carbons (Fsp3) is 0.438. The van der Waals surface area contributed by atoms with E-state index in [1.807, 2.05) is 12.1 Å². The summed E-state index contributed by atoms with van der Waals surface area (Å²) in [5.74, 6) is -3.41. The number of aryl methyl sites for hydroxylation is 1. The van der Waals surface area contributed by atoms with Crippen LogP contribution in [0.15, 0.2) is 24.3 Å². The first-order valence-corrected chi connectivity index (χ1v) is 7.00. The monoisotopic (exact) mass is 288 g/mol. The second kappa shape index (κ2) is 5.31. The third-order valence-electron chi connectivity index (χ3n) is 4.38. The molecule has 5 heteroatoms. The van der Waals surface area contributed by atoms with Crippen molar-refractivity contribution in [1.82, 2.24) is 0 Å². The van der Waals surface area contributed by atoms with Crippen LogP contribution < -0.4 is 0 Å². The molecule has 110 valence electrons. The van der Waals surface area contributed by atoms with Gasteiger partial charge in [-0.15, -0.1) is 0 Å². The number of carbonyl (C=O) groups excluding carboxylic acids is 3. The molecule has 1 heterocycles. The number of fused-ring (bicyclic) bond motifs is 2. The van der Waals surface area contributed by atoms with Crippen LogP contribution in [0.1, 0.15) is 22.3 Å². The Morgan fingerprint density at radius 3 is 2.81 bits per heavy atom. The number of hydrogen-bond acceptors (Lipinski definition) is 5. The van der Waals surface area contributed by atoms with Crippen molar-refractivity contribution in [3.63, 3.8) is 0 Å². The fourth-order valence-electron chi connectivity index (χ4n) is 3.28. The molecule has 0 N–H and O–H groups in total. The Morgan fingerprint density at radius 1 is 1.29 bits per heavy atom. The van der Waals surface area contributed by atoms with Gasteiger partial charge in [-0.1, -0.05) is 24.3 Å². The van der Waals surface area contributed by atoms with E-state index in [0.29, 0.717) is 18.4 Å². The molecule has 0 spiro atoms. The zero-order chi connectivity index (χ0) is 15.0. The predicted molar refractivity (Wildman–Crippen MR) is 72.5 cm³/mol. The molecule has 0 amide bonds. The minimum Gasteiger partial charge on any atom is -0.468 e. The van der Waals surface area contributed by atoms with Gasteiger partial charge in [-0.05, 0) is 18.4 Å². The van der Waals surface area contributed by atoms with Crippen molar-refractivity contribution in [1.29, 1.82) is 0 Å². The Kier molecular flexibility index (Phi) is 3.49. The van der Waals surface area contributed by atoms with Gasteiger partial charge in [0.05, 0.1) is 19.6 Å². The maximum atomic E-state index is 12.8. The second-order valence-corrected chi connectivity index (χ2v) is 5.48. The van der Waals surface area contributed by atoms with Gasteiger partial charge in [0.15, 0.2) is 5.78 Å². The number of ketones is 1. The first-order valence-electron chi connectivity index (χ1n) is 7.00. The molecule has 21 heavy (non-hydrogen) atoms. The Hall–Kier alpha value is -2.17. The predicted octanol–water partition coefficient (Wildman–Crippen LogP) is 1.39. The van der Waals surface area contributed by atoms with Gasteiger partial charge in [-0.25, -0.2) is 0 Å². The average Bonchev–Trinajstić information content (AvgIpc) is 2.85. The highest BCUT2D eigenvalue weighted by molar-refractivity contribution is 6.11. The lowest BCUT2D eigenvalue weighted by Crippen LogP contribution is -2.39. The van der Waals surface area contributed by atoms with E-state index in [1.54, 1.807) is 12.1 Å². The van der Waals surface area contributed by atoms with E-state index in [-0.39, 0.29) is 18.3 Å². The van der Waals surface area contributed by atoms with Gasteiger partial charge in [-0.2, -0.15) is 0 Å². The summed E-state index contributed by atoms with van der Waals surface area (Å²) in [6, 6.07) is 7.22. The summed E-state index contributed by atoms with van der Waals surface area (Å²) in [6.07, 6.45) is 1.42. The number of carbonyl (C=O) groups is 3. The van der Waals surface area contributed by atoms with E-state index < -0.39 is 23.8 Å². The van der Waals surface area contributed by atoms with Gasteiger partial charge < -0.3 is 9.47 Å². The summed E-state index contributed by atoms with van der Waals surface area (Å²) in [5.41, 5.74) is 1.42. The molecule has 3 atom stereocenters. The standard InChI is InChI=1S/C16H16O5/c1-20-15(18)13-12-10(8-21-16(12)19)7-6-9-4-2-3-5-11(9)14(13)17/h2-5,10,12-13H,6-8H2,1H3/t10-,12-,13+/m1/s1. The van der Waals surface area contributed by atoms with E-state index in [9.17, 15) is 14.4 Å². The van der Waals surface area contributed by atoms with Crippen molar-refractivity contribution in [2.75, 3.05) is 13.7 Å². The molecule has 3 rings (SSSR count). The van der Waals surface area contributed by atoms with Crippen LogP contribution in [0, 0.1) is 17.8 Å². The van der Waals surface area contributed by atoms with Crippen molar-refractivity contribution in [2.45, 2.75) is 12.8 Å². The number of hydrogen-bond donors (Lipinski definition) is 0. The highest BCUT2D eigenvalue weighted by Gasteiger charge is 2.50. The number of Topliss-reactive ketones (excluding diaryl/α,β-unsaturated/α-hetero) is 1. The molecule has 1 fully saturated rings. The lowest BCUT2D eigenvalue weighted by molar-refractivity contribution is -0.152. The van der Waals surface area contributed by atoms with Crippen LogP contribution in [-0.2, 0) is 25.5 Å². The maximum absolute atomic E-state index is 12.8. The molecule has 0 saturated carbocycles. The van der Waals surface area contributed by atoms with Crippen molar-refractivity contribution in [3.05, 3.63) is 35.4 Å². The summed E-state index contributed by atoms with van der Waals surface area (Å²) < 4.78 is 9.84. The van der Waals surface area contributed by atoms with Crippen LogP contribution in [0.25, 0.3) is 0 Å². The first-order chi connectivity index (χ1) is 10.1. The summed E-state index contributed by atoms with van der Waals surface area (Å²) in [4.78, 5) is 36.8. The molecule has 1 saturated heterocycles. The van der Waals surface area contributed by atoms with Crippen molar-refractivity contribution >= 4 is 17.7 Å². The van der Waals surface area contributed by atoms with Crippen LogP contribution >= 0.6 is 0 Å². The lowest BCUT2D eigenvalue weighted by atomic mass is 9.74. The van der Waals surface area contributed by atoms with Crippen LogP contribution in [0.5, 0.6) is 0 Å². The van der Waals surface area contributed by atoms with Gasteiger partial charge >= 0.3 is 11.9 Å². The molecule has 2 aliphatic rings. The van der Waals surface area contributed by atoms with E-state index >= 15 is 0 Å². The van der Waals surface area contributed by atoms with Crippen molar-refractivity contribution in [2.24, 2.45) is 17.8 Å². The Labute approximate surface area is 122 Å². The largest absolute Gasteiger partial charge is 0.468 e. The Morgan fingerprint density at radius 2 is 2.05 bits per heavy atom. The number of methoxy groups -OCH3 is 1. The van der Waals surface area contributed by atoms with Gasteiger partial charge in [-0.3, -0.25) is 14.4 Å². The fourth-order valence-corrected chi connectivity index (χ4v) is 3.28. The minimum absolute atomic E-state index is 0.112. The van der Waals surface area contributed by atoms with Crippen LogP contribution in [0.2, 0.25) is 0 Å². The summed E-state index contributed by atoms with van der Waals surface area (Å²) in [5, 5.41) is 0. The molecule has 1 aliphatic carbocycles. The summed E-state index contributed by atoms with van der Waals surface area (Å²) in [6.45, 7) is 0.270. The molecular weight excluding hydrogens is 272 g/mol. The highest BCUT2D eigenvalue weighted by Crippen LogP contribution is 2.37. The lowest BCUT2D eigenvalue weighted by Gasteiger charge is -2.26. The van der Waals surface area contributed by atoms with Gasteiger partial charge in [0.25, 0.3) is 0 Å². The molecule has 1 aromatic carbocycles. The number of ether oxygens (including phenoxy) is 2. The SMILES string of the molecule is COC(=O)[C@@H]1C(=O)c2ccccc2CC[C@@H]2COC(=O)[C@H]21. The highest BCUT2D eigenvalue weighted by atomic mass is 16.5. The van der Waals surface area contributed by atoms with Gasteiger partial charge in [0.2, 0.25) is 0 Å². The van der Waals surface area contributed by atoms with E-state index in [0.717, 1.165) is 5.56 Å². The van der Waals surface area contributed by atoms with Crippen LogP contribution in [-0.4, -0.2) is 31.4 Å². The van der Waals surface area contributed by atoms with Crippen LogP contribution in [0.4, 0.5) is 0 Å². The number of esters is 2. The zero-order valence-corrected chi connectivity index (χ0v) is 11.7. The third kappa shape index (κ3) is 2.22. The summed E-state index contributed by atoms with van der Waals surface area (Å²) in [7, 11) is 1.23. The normalized spacial score (nSPS) is 28.0. The topological polar surface area (TPSA) is 69.7 Å². The molecule has 1 aromatic rings. The smallest absolute Gasteiger partial charge is 0.317 e. The van der Waals surface area contributed by atoms with Crippen molar-refractivity contribution in [3.8, 4) is 0 Å². The Balaban J connectivity index is 2.10. The maximum Gasteiger partial charge on any atom is 0.317 e. The number of rotatable bonds is 1. The van der Waals surface area contributed by atoms with Gasteiger partial charge in [0, 0.05) is 11.5 Å². The molecule has 0 aromatic heterocycles. The molecular formula is C16H16O5. The van der Waals surface area contributed by atoms with Gasteiger partial charge in [0.1, 0.15) is 5.92 Å². The van der Waals surface area contributed by atoms with E-state index in [2.05, 4.69) is 0 Å². The Bertz CT molecular complexity index is 606. The number of benzene rings is 1. The second-order valence-electron chi connectivity index (χ2n) is 5.48. The molecule has 0 bridgehead atoms. The van der Waals surface area contributed by atoms with E-state index in [4.69, 9.17) is 9.47 Å². The third-order valence-corrected chi connectivity index (χ3v) is 4.38. The number of cyclic esters (lactones) is 1. The molecule has 0 unspecified atom stereocenters. The molecule has 0 radical (unpaired) electrons. The van der Waals surface area contributed by atoms with Crippen LogP contribution in [0.3, 0.4) is 0 Å². The average molecular weight is 288 g/mol. The quantitative estimate of drug-likeness (QED) is 0.577. The minimum atomic E-state index is -1.10. The molecule has 1 aliphatic heterocycles. The summed E-state index contributed by atoms with van der Waals surface area (Å²) >= 11 is 0.